The van der Waals surface area contributed by atoms with Gasteiger partial charge in [0.15, 0.2) is 6.29 Å². The minimum Gasteiger partial charge on any atom is -0.394 e. The van der Waals surface area contributed by atoms with Crippen LogP contribution in [0.15, 0.2) is 0 Å². The normalized spacial score (nSPS) is 34.4. The quantitative estimate of drug-likeness (QED) is 0.564. The number of rotatable bonds is 8. The highest BCUT2D eigenvalue weighted by Crippen LogP contribution is 2.27. The predicted molar refractivity (Wildman–Crippen MR) is 78.0 cm³/mol. The molecule has 0 aromatic rings. The Labute approximate surface area is 126 Å². The summed E-state index contributed by atoms with van der Waals surface area (Å²) in [5, 5.41) is 23.0. The van der Waals surface area contributed by atoms with E-state index in [4.69, 9.17) is 14.2 Å². The first-order valence-electron chi connectivity index (χ1n) is 8.17. The summed E-state index contributed by atoms with van der Waals surface area (Å²) in [6.45, 7) is 3.67. The van der Waals surface area contributed by atoms with E-state index in [1.54, 1.807) is 0 Å². The zero-order chi connectivity index (χ0) is 15.1. The highest BCUT2D eigenvalue weighted by atomic mass is 16.7. The molecule has 4 atom stereocenters. The maximum Gasteiger partial charge on any atom is 0.185 e. The topological polar surface area (TPSA) is 80.2 Å². The standard InChI is InChI=1S/C15H29NO5/c1-2-19-9-8-16-13-12(10-17)21-15(14(13)18)20-11-6-4-3-5-7-11/h11-18H,2-10H2,1H3/t12-,13+,14-,15+/m1/s1. The van der Waals surface area contributed by atoms with Gasteiger partial charge in [-0.3, -0.25) is 0 Å². The van der Waals surface area contributed by atoms with E-state index in [0.717, 1.165) is 12.8 Å². The van der Waals surface area contributed by atoms with E-state index in [0.29, 0.717) is 19.8 Å². The van der Waals surface area contributed by atoms with Crippen molar-refractivity contribution >= 4 is 0 Å². The van der Waals surface area contributed by atoms with Gasteiger partial charge in [0.05, 0.1) is 25.4 Å². The third-order valence-electron chi connectivity index (χ3n) is 4.25. The average Bonchev–Trinajstić information content (AvgIpc) is 2.81. The fourth-order valence-corrected chi connectivity index (χ4v) is 3.08. The second kappa shape index (κ2) is 9.02. The molecular formula is C15H29NO5. The molecule has 2 aliphatic rings. The van der Waals surface area contributed by atoms with Crippen molar-refractivity contribution in [3.63, 3.8) is 0 Å². The van der Waals surface area contributed by atoms with Crippen molar-refractivity contribution in [3.05, 3.63) is 0 Å². The number of ether oxygens (including phenoxy) is 3. The Bertz CT molecular complexity index is 285. The first kappa shape index (κ1) is 17.1. The monoisotopic (exact) mass is 303 g/mol. The Morgan fingerprint density at radius 3 is 2.67 bits per heavy atom. The molecule has 0 unspecified atom stereocenters. The van der Waals surface area contributed by atoms with Gasteiger partial charge in [-0.1, -0.05) is 19.3 Å². The number of aliphatic hydroxyl groups is 2. The maximum atomic E-state index is 10.4. The van der Waals surface area contributed by atoms with Crippen LogP contribution in [-0.2, 0) is 14.2 Å². The third kappa shape index (κ3) is 4.87. The van der Waals surface area contributed by atoms with Gasteiger partial charge in [0.1, 0.15) is 12.2 Å². The molecular weight excluding hydrogens is 274 g/mol. The van der Waals surface area contributed by atoms with E-state index in [-0.39, 0.29) is 18.8 Å². The van der Waals surface area contributed by atoms with Crippen LogP contribution in [0.5, 0.6) is 0 Å². The molecule has 2 rings (SSSR count). The van der Waals surface area contributed by atoms with Crippen molar-refractivity contribution in [1.29, 1.82) is 0 Å². The Hall–Kier alpha value is -0.240. The van der Waals surface area contributed by atoms with E-state index in [1.807, 2.05) is 6.92 Å². The van der Waals surface area contributed by atoms with Gasteiger partial charge in [-0.05, 0) is 19.8 Å². The van der Waals surface area contributed by atoms with E-state index in [1.165, 1.54) is 19.3 Å². The van der Waals surface area contributed by atoms with E-state index >= 15 is 0 Å². The summed E-state index contributed by atoms with van der Waals surface area (Å²) in [6.07, 6.45) is 3.99. The minimum atomic E-state index is -0.759. The number of hydrogen-bond acceptors (Lipinski definition) is 6. The highest BCUT2D eigenvalue weighted by Gasteiger charge is 2.44. The Morgan fingerprint density at radius 1 is 1.24 bits per heavy atom. The van der Waals surface area contributed by atoms with Crippen molar-refractivity contribution < 1.29 is 24.4 Å². The second-order valence-corrected chi connectivity index (χ2v) is 5.79. The SMILES string of the molecule is CCOCCN[C@@H]1[C@@H](O)[C@@H](OC2CCCCC2)O[C@@H]1CO. The van der Waals surface area contributed by atoms with Crippen LogP contribution in [0.2, 0.25) is 0 Å². The third-order valence-corrected chi connectivity index (χ3v) is 4.25. The van der Waals surface area contributed by atoms with Gasteiger partial charge in [0, 0.05) is 13.2 Å². The van der Waals surface area contributed by atoms with Crippen LogP contribution in [0.3, 0.4) is 0 Å². The van der Waals surface area contributed by atoms with Gasteiger partial charge in [0.25, 0.3) is 0 Å². The molecule has 0 bridgehead atoms. The van der Waals surface area contributed by atoms with Crippen LogP contribution in [0.4, 0.5) is 0 Å². The lowest BCUT2D eigenvalue weighted by atomic mass is 9.98. The van der Waals surface area contributed by atoms with Crippen molar-refractivity contribution in [2.24, 2.45) is 0 Å². The summed E-state index contributed by atoms with van der Waals surface area (Å²) in [7, 11) is 0. The fraction of sp³-hybridized carbons (Fsp3) is 1.00. The molecule has 0 aromatic carbocycles. The van der Waals surface area contributed by atoms with Gasteiger partial charge >= 0.3 is 0 Å². The van der Waals surface area contributed by atoms with Gasteiger partial charge in [0.2, 0.25) is 0 Å². The van der Waals surface area contributed by atoms with Gasteiger partial charge < -0.3 is 29.7 Å². The largest absolute Gasteiger partial charge is 0.394 e. The summed E-state index contributed by atoms with van der Waals surface area (Å²) >= 11 is 0. The van der Waals surface area contributed by atoms with Crippen molar-refractivity contribution in [2.75, 3.05) is 26.4 Å². The van der Waals surface area contributed by atoms with E-state index < -0.39 is 18.5 Å². The molecule has 1 aliphatic carbocycles. The molecule has 1 saturated carbocycles. The van der Waals surface area contributed by atoms with Crippen molar-refractivity contribution in [3.8, 4) is 0 Å². The summed E-state index contributed by atoms with van der Waals surface area (Å²) in [5.41, 5.74) is 0. The molecule has 6 heteroatoms. The first-order chi connectivity index (χ1) is 10.3. The number of hydrogen-bond donors (Lipinski definition) is 3. The molecule has 1 saturated heterocycles. The van der Waals surface area contributed by atoms with Crippen molar-refractivity contribution in [1.82, 2.24) is 5.32 Å². The fourth-order valence-electron chi connectivity index (χ4n) is 3.08. The maximum absolute atomic E-state index is 10.4. The zero-order valence-corrected chi connectivity index (χ0v) is 12.9. The molecule has 21 heavy (non-hydrogen) atoms. The molecule has 1 aliphatic heterocycles. The van der Waals surface area contributed by atoms with Crippen molar-refractivity contribution in [2.45, 2.75) is 69.7 Å². The van der Waals surface area contributed by atoms with E-state index in [2.05, 4.69) is 5.32 Å². The van der Waals surface area contributed by atoms with Crippen LogP contribution in [0, 0.1) is 0 Å². The molecule has 0 spiro atoms. The van der Waals surface area contributed by atoms with E-state index in [9.17, 15) is 10.2 Å². The average molecular weight is 303 g/mol. The summed E-state index contributed by atoms with van der Waals surface area (Å²) < 4.78 is 16.8. The molecule has 3 N–H and O–H groups in total. The summed E-state index contributed by atoms with van der Waals surface area (Å²) in [6, 6.07) is -0.316. The van der Waals surface area contributed by atoms with Crippen LogP contribution in [0.25, 0.3) is 0 Å². The lowest BCUT2D eigenvalue weighted by Crippen LogP contribution is -2.47. The Kier molecular flexibility index (Phi) is 7.36. The number of nitrogens with one attached hydrogen (secondary N) is 1. The van der Waals surface area contributed by atoms with Crippen LogP contribution < -0.4 is 5.32 Å². The number of aliphatic hydroxyl groups excluding tert-OH is 2. The predicted octanol–water partition coefficient (Wildman–Crippen LogP) is 0.409. The van der Waals surface area contributed by atoms with Crippen LogP contribution in [0.1, 0.15) is 39.0 Å². The molecule has 0 amide bonds. The second-order valence-electron chi connectivity index (χ2n) is 5.79. The first-order valence-corrected chi connectivity index (χ1v) is 8.17. The lowest BCUT2D eigenvalue weighted by molar-refractivity contribution is -0.198. The highest BCUT2D eigenvalue weighted by molar-refractivity contribution is 4.92. The Morgan fingerprint density at radius 2 is 2.00 bits per heavy atom. The molecule has 0 radical (unpaired) electrons. The molecule has 2 fully saturated rings. The summed E-state index contributed by atoms with van der Waals surface area (Å²) in [4.78, 5) is 0. The summed E-state index contributed by atoms with van der Waals surface area (Å²) in [5.74, 6) is 0. The van der Waals surface area contributed by atoms with Crippen LogP contribution in [-0.4, -0.2) is 67.2 Å². The lowest BCUT2D eigenvalue weighted by Gasteiger charge is -2.27. The van der Waals surface area contributed by atoms with Gasteiger partial charge in [-0.2, -0.15) is 0 Å². The molecule has 1 heterocycles. The van der Waals surface area contributed by atoms with Crippen LogP contribution >= 0.6 is 0 Å². The molecule has 124 valence electrons. The molecule has 6 nitrogen and oxygen atoms in total. The molecule has 0 aromatic heterocycles. The van der Waals surface area contributed by atoms with Gasteiger partial charge in [-0.25, -0.2) is 0 Å². The van der Waals surface area contributed by atoms with Gasteiger partial charge in [-0.15, -0.1) is 0 Å². The zero-order valence-electron chi connectivity index (χ0n) is 12.9. The smallest absolute Gasteiger partial charge is 0.185 e. The minimum absolute atomic E-state index is 0.131. The Balaban J connectivity index is 1.80.